The van der Waals surface area contributed by atoms with Gasteiger partial charge in [0.05, 0.1) is 12.9 Å². The highest BCUT2D eigenvalue weighted by Crippen LogP contribution is 2.37. The van der Waals surface area contributed by atoms with Gasteiger partial charge in [0.1, 0.15) is 5.75 Å². The van der Waals surface area contributed by atoms with Crippen molar-refractivity contribution in [3.05, 3.63) is 42.2 Å². The number of imidazole rings is 1. The van der Waals surface area contributed by atoms with Crippen LogP contribution in [0.25, 0.3) is 0 Å². The van der Waals surface area contributed by atoms with E-state index in [1.807, 2.05) is 30.5 Å². The molecule has 1 amide bonds. The minimum atomic E-state index is 0.0196. The average molecular weight is 317 g/mol. The molecule has 1 saturated carbocycles. The minimum Gasteiger partial charge on any atom is -0.497 e. The lowest BCUT2D eigenvalue weighted by atomic mass is 10.2. The van der Waals surface area contributed by atoms with Crippen LogP contribution in [0.1, 0.15) is 24.4 Å². The molecule has 1 aromatic heterocycles. The van der Waals surface area contributed by atoms with Gasteiger partial charge in [-0.1, -0.05) is 23.9 Å². The van der Waals surface area contributed by atoms with Gasteiger partial charge < -0.3 is 14.6 Å². The molecule has 6 heteroatoms. The van der Waals surface area contributed by atoms with Crippen molar-refractivity contribution >= 4 is 17.7 Å². The Balaban J connectivity index is 1.44. The predicted octanol–water partition coefficient (Wildman–Crippen LogP) is 2.64. The van der Waals surface area contributed by atoms with Crippen LogP contribution in [0.5, 0.6) is 5.75 Å². The lowest BCUT2D eigenvalue weighted by Crippen LogP contribution is -2.24. The summed E-state index contributed by atoms with van der Waals surface area (Å²) in [6.07, 6.45) is 6.23. The van der Waals surface area contributed by atoms with Gasteiger partial charge in [-0.3, -0.25) is 4.79 Å². The van der Waals surface area contributed by atoms with Gasteiger partial charge in [-0.25, -0.2) is 4.98 Å². The van der Waals surface area contributed by atoms with Gasteiger partial charge in [0.25, 0.3) is 0 Å². The molecule has 1 aliphatic rings. The van der Waals surface area contributed by atoms with E-state index < -0.39 is 0 Å². The summed E-state index contributed by atoms with van der Waals surface area (Å²) in [6.45, 7) is 0.528. The topological polar surface area (TPSA) is 56.1 Å². The summed E-state index contributed by atoms with van der Waals surface area (Å²) < 4.78 is 7.28. The summed E-state index contributed by atoms with van der Waals surface area (Å²) >= 11 is 1.49. The first-order valence-electron chi connectivity index (χ1n) is 7.31. The Hall–Kier alpha value is -1.95. The number of rotatable bonds is 7. The van der Waals surface area contributed by atoms with E-state index in [4.69, 9.17) is 4.74 Å². The summed E-state index contributed by atoms with van der Waals surface area (Å²) in [7, 11) is 1.64. The van der Waals surface area contributed by atoms with E-state index >= 15 is 0 Å². The SMILES string of the molecule is COc1ccc(CNC(=O)CSc2nccn2C2CC2)cc1. The van der Waals surface area contributed by atoms with E-state index in [1.54, 1.807) is 13.3 Å². The fourth-order valence-electron chi connectivity index (χ4n) is 2.17. The summed E-state index contributed by atoms with van der Waals surface area (Å²) in [5.41, 5.74) is 1.05. The fourth-order valence-corrected chi connectivity index (χ4v) is 3.02. The van der Waals surface area contributed by atoms with E-state index in [0.29, 0.717) is 18.3 Å². The van der Waals surface area contributed by atoms with Crippen molar-refractivity contribution in [2.45, 2.75) is 30.6 Å². The molecule has 1 aromatic carbocycles. The zero-order valence-corrected chi connectivity index (χ0v) is 13.3. The van der Waals surface area contributed by atoms with Gasteiger partial charge in [0.2, 0.25) is 5.91 Å². The first-order chi connectivity index (χ1) is 10.8. The molecule has 5 nitrogen and oxygen atoms in total. The first kappa shape index (κ1) is 15.0. The second kappa shape index (κ2) is 6.87. The van der Waals surface area contributed by atoms with Crippen LogP contribution in [0, 0.1) is 0 Å². The van der Waals surface area contributed by atoms with Gasteiger partial charge in [-0.15, -0.1) is 0 Å². The van der Waals surface area contributed by atoms with Gasteiger partial charge >= 0.3 is 0 Å². The Morgan fingerprint density at radius 3 is 2.86 bits per heavy atom. The van der Waals surface area contributed by atoms with Crippen molar-refractivity contribution in [2.24, 2.45) is 0 Å². The number of hydrogen-bond acceptors (Lipinski definition) is 4. The molecule has 1 heterocycles. The smallest absolute Gasteiger partial charge is 0.230 e. The number of carbonyl (C=O) groups is 1. The maximum atomic E-state index is 11.9. The highest BCUT2D eigenvalue weighted by Gasteiger charge is 2.25. The second-order valence-electron chi connectivity index (χ2n) is 5.26. The van der Waals surface area contributed by atoms with Crippen LogP contribution in [0.2, 0.25) is 0 Å². The van der Waals surface area contributed by atoms with Crippen molar-refractivity contribution in [3.8, 4) is 5.75 Å². The van der Waals surface area contributed by atoms with Crippen LogP contribution >= 0.6 is 11.8 Å². The highest BCUT2D eigenvalue weighted by atomic mass is 32.2. The maximum Gasteiger partial charge on any atom is 0.230 e. The van der Waals surface area contributed by atoms with Gasteiger partial charge in [-0.05, 0) is 30.5 Å². The summed E-state index contributed by atoms with van der Waals surface area (Å²) in [5.74, 6) is 1.23. The van der Waals surface area contributed by atoms with E-state index in [2.05, 4.69) is 14.9 Å². The summed E-state index contributed by atoms with van der Waals surface area (Å²) in [4.78, 5) is 16.3. The van der Waals surface area contributed by atoms with Crippen molar-refractivity contribution < 1.29 is 9.53 Å². The Labute approximate surface area is 134 Å². The normalized spacial score (nSPS) is 13.9. The Bertz CT molecular complexity index is 635. The summed E-state index contributed by atoms with van der Waals surface area (Å²) in [5, 5.41) is 3.86. The molecule has 1 aliphatic carbocycles. The molecular formula is C16H19N3O2S. The molecule has 0 saturated heterocycles. The molecule has 2 aromatic rings. The predicted molar refractivity (Wildman–Crippen MR) is 86.1 cm³/mol. The Kier molecular flexibility index (Phi) is 4.68. The zero-order valence-electron chi connectivity index (χ0n) is 12.5. The molecule has 0 radical (unpaired) electrons. The molecule has 0 atom stereocenters. The van der Waals surface area contributed by atoms with Crippen molar-refractivity contribution in [2.75, 3.05) is 12.9 Å². The maximum absolute atomic E-state index is 11.9. The Morgan fingerprint density at radius 2 is 2.18 bits per heavy atom. The number of ether oxygens (including phenoxy) is 1. The molecule has 116 valence electrons. The molecule has 0 spiro atoms. The molecule has 1 N–H and O–H groups in total. The number of methoxy groups -OCH3 is 1. The van der Waals surface area contributed by atoms with Crippen LogP contribution in [-0.2, 0) is 11.3 Å². The second-order valence-corrected chi connectivity index (χ2v) is 6.20. The Morgan fingerprint density at radius 1 is 1.41 bits per heavy atom. The zero-order chi connectivity index (χ0) is 15.4. The number of benzene rings is 1. The molecule has 0 bridgehead atoms. The number of aromatic nitrogens is 2. The van der Waals surface area contributed by atoms with Crippen LogP contribution in [0.3, 0.4) is 0 Å². The van der Waals surface area contributed by atoms with Crippen LogP contribution < -0.4 is 10.1 Å². The molecular weight excluding hydrogens is 298 g/mol. The standard InChI is InChI=1S/C16H19N3O2S/c1-21-14-6-2-12(3-7-14)10-18-15(20)11-22-16-17-8-9-19(16)13-4-5-13/h2-3,6-9,13H,4-5,10-11H2,1H3,(H,18,20). The van der Waals surface area contributed by atoms with Gasteiger partial charge in [0, 0.05) is 25.0 Å². The van der Waals surface area contributed by atoms with E-state index in [9.17, 15) is 4.79 Å². The molecule has 0 aliphatic heterocycles. The lowest BCUT2D eigenvalue weighted by molar-refractivity contribution is -0.118. The molecule has 22 heavy (non-hydrogen) atoms. The van der Waals surface area contributed by atoms with Crippen LogP contribution in [0.4, 0.5) is 0 Å². The highest BCUT2D eigenvalue weighted by molar-refractivity contribution is 7.99. The number of carbonyl (C=O) groups excluding carboxylic acids is 1. The quantitative estimate of drug-likeness (QED) is 0.798. The monoisotopic (exact) mass is 317 g/mol. The van der Waals surface area contributed by atoms with Crippen molar-refractivity contribution in [3.63, 3.8) is 0 Å². The minimum absolute atomic E-state index is 0.0196. The molecule has 3 rings (SSSR count). The van der Waals surface area contributed by atoms with E-state index in [-0.39, 0.29) is 5.91 Å². The third kappa shape index (κ3) is 3.82. The van der Waals surface area contributed by atoms with Crippen molar-refractivity contribution in [1.82, 2.24) is 14.9 Å². The number of hydrogen-bond donors (Lipinski definition) is 1. The summed E-state index contributed by atoms with van der Waals surface area (Å²) in [6, 6.07) is 8.27. The first-order valence-corrected chi connectivity index (χ1v) is 8.30. The third-order valence-electron chi connectivity index (χ3n) is 3.55. The number of nitrogens with zero attached hydrogens (tertiary/aromatic N) is 2. The van der Waals surface area contributed by atoms with Crippen molar-refractivity contribution in [1.29, 1.82) is 0 Å². The fraction of sp³-hybridized carbons (Fsp3) is 0.375. The average Bonchev–Trinajstić information content (AvgIpc) is 3.29. The largest absolute Gasteiger partial charge is 0.497 e. The van der Waals surface area contributed by atoms with Crippen LogP contribution in [0.15, 0.2) is 41.8 Å². The van der Waals surface area contributed by atoms with E-state index in [0.717, 1.165) is 16.5 Å². The lowest BCUT2D eigenvalue weighted by Gasteiger charge is -2.07. The van der Waals surface area contributed by atoms with E-state index in [1.165, 1.54) is 24.6 Å². The molecule has 1 fully saturated rings. The number of amides is 1. The van der Waals surface area contributed by atoms with Crippen LogP contribution in [-0.4, -0.2) is 28.3 Å². The number of thioether (sulfide) groups is 1. The third-order valence-corrected chi connectivity index (χ3v) is 4.54. The van der Waals surface area contributed by atoms with Gasteiger partial charge in [0.15, 0.2) is 5.16 Å². The van der Waals surface area contributed by atoms with Gasteiger partial charge in [-0.2, -0.15) is 0 Å². The number of nitrogens with one attached hydrogen (secondary N) is 1. The molecule has 0 unspecified atom stereocenters.